The Morgan fingerprint density at radius 3 is 1.79 bits per heavy atom. The maximum atomic E-state index is 11.9. The van der Waals surface area contributed by atoms with Crippen LogP contribution in [0.1, 0.15) is 70.6 Å². The van der Waals surface area contributed by atoms with Gasteiger partial charge in [0.2, 0.25) is 11.8 Å². The number of nitrogens with two attached hydrogens (primary N) is 1. The summed E-state index contributed by atoms with van der Waals surface area (Å²) in [5.74, 6) is 0.873. The van der Waals surface area contributed by atoms with E-state index in [1.165, 1.54) is 11.8 Å². The number of hydrogen-bond donors (Lipinski definition) is 6. The Kier molecular flexibility index (Phi) is 43.4. The second-order valence-corrected chi connectivity index (χ2v) is 9.98. The third-order valence-electron chi connectivity index (χ3n) is 5.82. The predicted molar refractivity (Wildman–Crippen MR) is 134 cm³/mol. The predicted octanol–water partition coefficient (Wildman–Crippen LogP) is 1.06. The van der Waals surface area contributed by atoms with E-state index in [9.17, 15) is 24.9 Å². The van der Waals surface area contributed by atoms with Crippen molar-refractivity contribution < 1.29 is 206 Å². The molecule has 212 valence electrons. The smallest absolute Gasteiger partial charge is 0.219 e. The van der Waals surface area contributed by atoms with Crippen molar-refractivity contribution in [1.82, 2.24) is 10.6 Å². The Morgan fingerprint density at radius 2 is 1.29 bits per heavy atom. The number of unbranched alkanes of at least 4 members (excludes halogenated alkanes) is 6. The van der Waals surface area contributed by atoms with Crippen molar-refractivity contribution in [2.75, 3.05) is 32.0 Å². The number of ether oxygens (including phenoxy) is 1. The molecule has 2 unspecified atom stereocenters. The zero-order valence-corrected chi connectivity index (χ0v) is 42.4. The van der Waals surface area contributed by atoms with E-state index >= 15 is 0 Å². The van der Waals surface area contributed by atoms with Crippen molar-refractivity contribution in [2.45, 2.75) is 100 Å². The number of nitrogens with one attached hydrogen (secondary N) is 3. The van der Waals surface area contributed by atoms with Gasteiger partial charge in [-0.25, -0.2) is 0 Å². The van der Waals surface area contributed by atoms with E-state index in [1.54, 1.807) is 0 Å². The number of carbonyl (C=O) groups excluding carboxylic acids is 2. The van der Waals surface area contributed by atoms with E-state index in [-0.39, 0.29) is 188 Å². The molecule has 5 atom stereocenters. The van der Waals surface area contributed by atoms with Gasteiger partial charge in [0.25, 0.3) is 0 Å². The van der Waals surface area contributed by atoms with Crippen LogP contribution in [0, 0.1) is 176 Å². The first-order chi connectivity index (χ1) is 16.4. The van der Waals surface area contributed by atoms with Crippen LogP contribution in [-0.4, -0.2) is 88.9 Å². The summed E-state index contributed by atoms with van der Waals surface area (Å²) >= 11 is 1.41. The Bertz CT molecular complexity index is 576. The minimum atomic E-state index is -1.24. The number of rotatable bonds is 19. The molecule has 1 aliphatic heterocycles. The minimum absolute atomic E-state index is 0. The first kappa shape index (κ1) is 49.7. The molecule has 0 saturated carbocycles. The zero-order valence-electron chi connectivity index (χ0n) is 22.6. The Balaban J connectivity index is -0.00000144. The third-order valence-corrected chi connectivity index (χ3v) is 7.07. The third kappa shape index (κ3) is 24.1. The molecule has 0 aromatic rings. The molecular weight excluding hydrogens is 1370 g/mol. The average Bonchev–Trinajstić information content (AvgIpc) is 2.83. The number of hydrogen-bond acceptors (Lipinski definition) is 8. The summed E-state index contributed by atoms with van der Waals surface area (Å²) in [6.45, 7) is 1.56. The van der Waals surface area contributed by atoms with E-state index in [0.29, 0.717) is 32.5 Å². The Hall–Kier alpha value is 4.82. The zero-order chi connectivity index (χ0) is 25.2. The summed E-state index contributed by atoms with van der Waals surface area (Å²) in [4.78, 5) is 23.6. The summed E-state index contributed by atoms with van der Waals surface area (Å²) in [7, 11) is 0. The fourth-order valence-electron chi connectivity index (χ4n) is 3.65. The van der Waals surface area contributed by atoms with Crippen molar-refractivity contribution in [3.63, 3.8) is 0 Å². The van der Waals surface area contributed by atoms with Gasteiger partial charge < -0.3 is 42.2 Å². The molecule has 8 N–H and O–H groups in total. The van der Waals surface area contributed by atoms with Crippen LogP contribution in [0.5, 0.6) is 0 Å². The van der Waals surface area contributed by atoms with Gasteiger partial charge in [-0.1, -0.05) is 25.3 Å². The van der Waals surface area contributed by atoms with Crippen molar-refractivity contribution in [2.24, 2.45) is 5.73 Å². The second-order valence-electron chi connectivity index (χ2n) is 8.77. The molecule has 4 radical (unpaired) electrons. The largest absolute Gasteiger partial charge is 0.670 e. The maximum absolute atomic E-state index is 11.9. The van der Waals surface area contributed by atoms with Gasteiger partial charge >= 0.3 is 0 Å². The standard InChI is InChI=1S/C23H45N4O6S.4Ac/c24-12-6-1-4-10-18(29)26-13-7-2-5-11-19(30)27-14-8-3-9-15-34-23-20(25)22(32)21(31)17(16-28)33-23;;;;/h17,20-23,25,28,31-32H,1-16,24H2,(H,26,29)(H,27,30);;;;/q-1;;;;/t17?,20?,21-,22-,23-;;;;/m0..../s1. The van der Waals surface area contributed by atoms with Crippen LogP contribution in [0.3, 0.4) is 0 Å². The second kappa shape index (κ2) is 33.2. The van der Waals surface area contributed by atoms with Crippen molar-refractivity contribution in [1.29, 1.82) is 0 Å². The van der Waals surface area contributed by atoms with Crippen LogP contribution in [0.15, 0.2) is 0 Å². The fourth-order valence-corrected chi connectivity index (χ4v) is 4.85. The summed E-state index contributed by atoms with van der Waals surface area (Å²) in [6.07, 6.45) is 5.79. The van der Waals surface area contributed by atoms with Crippen molar-refractivity contribution >= 4 is 23.6 Å². The van der Waals surface area contributed by atoms with Gasteiger partial charge in [0, 0.05) is 202 Å². The molecule has 0 aliphatic carbocycles. The fraction of sp³-hybridized carbons (Fsp3) is 0.913. The van der Waals surface area contributed by atoms with Crippen molar-refractivity contribution in [3.8, 4) is 0 Å². The van der Waals surface area contributed by atoms with Gasteiger partial charge in [-0.2, -0.15) is 0 Å². The molecule has 1 rings (SSSR count). The molecule has 1 saturated heterocycles. The quantitative estimate of drug-likeness (QED) is 0.104. The molecule has 1 aliphatic rings. The summed E-state index contributed by atoms with van der Waals surface area (Å²) in [6, 6.07) is -0.954. The van der Waals surface area contributed by atoms with Crippen molar-refractivity contribution in [3.05, 3.63) is 5.73 Å². The molecule has 1 heterocycles. The number of aliphatic hydroxyl groups is 3. The topological polar surface area (TPSA) is 178 Å². The first-order valence-corrected chi connectivity index (χ1v) is 13.6. The molecule has 10 nitrogen and oxygen atoms in total. The van der Waals surface area contributed by atoms with Gasteiger partial charge in [0.15, 0.2) is 0 Å². The minimum Gasteiger partial charge on any atom is -0.670 e. The van der Waals surface area contributed by atoms with E-state index in [0.717, 1.165) is 63.5 Å². The molecule has 0 spiro atoms. The summed E-state index contributed by atoms with van der Waals surface area (Å²) in [5.41, 5.74) is 12.8. The molecule has 2 amide bonds. The Labute approximate surface area is 376 Å². The first-order valence-electron chi connectivity index (χ1n) is 12.6. The Morgan fingerprint density at radius 1 is 0.789 bits per heavy atom. The molecule has 0 aromatic carbocycles. The van der Waals surface area contributed by atoms with Gasteiger partial charge in [-0.05, 0) is 50.8 Å². The monoisotopic (exact) mass is 1410 g/mol. The summed E-state index contributed by atoms with van der Waals surface area (Å²) < 4.78 is 5.52. The van der Waals surface area contributed by atoms with E-state index in [1.807, 2.05) is 0 Å². The normalized spacial score (nSPS) is 22.1. The van der Waals surface area contributed by atoms with Gasteiger partial charge in [0.05, 0.1) is 18.1 Å². The average molecular weight is 1410 g/mol. The number of aliphatic hydroxyl groups excluding tert-OH is 3. The maximum Gasteiger partial charge on any atom is 0.219 e. The number of carbonyl (C=O) groups is 2. The molecule has 0 bridgehead atoms. The molecule has 38 heavy (non-hydrogen) atoms. The number of amides is 2. The van der Waals surface area contributed by atoms with Crippen LogP contribution >= 0.6 is 11.8 Å². The molecule has 0 aromatic heterocycles. The van der Waals surface area contributed by atoms with E-state index in [2.05, 4.69) is 10.6 Å². The van der Waals surface area contributed by atoms with Crippen LogP contribution < -0.4 is 16.4 Å². The van der Waals surface area contributed by atoms with Gasteiger partial charge in [-0.15, -0.1) is 11.8 Å². The van der Waals surface area contributed by atoms with Crippen LogP contribution in [0.25, 0.3) is 5.73 Å². The van der Waals surface area contributed by atoms with Gasteiger partial charge in [0.1, 0.15) is 12.2 Å². The van der Waals surface area contributed by atoms with Crippen LogP contribution in [0.2, 0.25) is 0 Å². The SMILES string of the molecule is [Ac].[Ac].[Ac].[Ac].[NH-]C1[C@H](SCCCCCNC(=O)CCCCCNC(=O)CCCCCN)OC(CO)[C@H](O)[C@H]1O. The van der Waals surface area contributed by atoms with E-state index in [4.69, 9.17) is 16.2 Å². The van der Waals surface area contributed by atoms with Crippen LogP contribution in [0.4, 0.5) is 0 Å². The van der Waals surface area contributed by atoms with E-state index < -0.39 is 36.4 Å². The number of thioether (sulfide) groups is 1. The van der Waals surface area contributed by atoms with Crippen LogP contribution in [-0.2, 0) is 14.3 Å². The summed E-state index contributed by atoms with van der Waals surface area (Å²) in [5, 5.41) is 34.8. The molecule has 15 heteroatoms. The molecular formula is C23H45Ac4N4O6S-. The van der Waals surface area contributed by atoms with Gasteiger partial charge in [-0.3, -0.25) is 9.59 Å². The molecule has 1 fully saturated rings.